The van der Waals surface area contributed by atoms with E-state index in [1.165, 1.54) is 6.42 Å². The number of nitrogens with one attached hydrogen (secondary N) is 1. The minimum absolute atomic E-state index is 0.680. The third kappa shape index (κ3) is 1.70. The fourth-order valence-electron chi connectivity index (χ4n) is 2.35. The Hall–Kier alpha value is -1.06. The van der Waals surface area contributed by atoms with E-state index in [9.17, 15) is 0 Å². The molecule has 2 aromatic rings. The maximum Gasteiger partial charge on any atom is 0.0868 e. The molecule has 4 heteroatoms. The molecule has 0 spiro atoms. The summed E-state index contributed by atoms with van der Waals surface area (Å²) in [6.07, 6.45) is 3.12. The smallest absolute Gasteiger partial charge is 0.0868 e. The topological polar surface area (TPSA) is 29.9 Å². The number of fused-ring (bicyclic) bond motifs is 1. The zero-order valence-electron chi connectivity index (χ0n) is 8.99. The van der Waals surface area contributed by atoms with Crippen LogP contribution in [-0.4, -0.2) is 22.9 Å². The third-order valence-corrected chi connectivity index (χ3v) is 3.51. The first-order valence-corrected chi connectivity index (χ1v) is 6.03. The van der Waals surface area contributed by atoms with E-state index in [4.69, 9.17) is 11.6 Å². The summed E-state index contributed by atoms with van der Waals surface area (Å²) >= 11 is 6.21. The highest BCUT2D eigenvalue weighted by atomic mass is 35.5. The maximum atomic E-state index is 6.21. The van der Waals surface area contributed by atoms with Crippen molar-refractivity contribution in [3.63, 3.8) is 0 Å². The second-order valence-electron chi connectivity index (χ2n) is 4.36. The molecule has 1 aliphatic rings. The molecule has 1 aromatic carbocycles. The molecule has 2 heterocycles. The molecule has 1 aromatic heterocycles. The normalized spacial score (nSPS) is 20.7. The van der Waals surface area contributed by atoms with Crippen molar-refractivity contribution in [1.29, 1.82) is 0 Å². The van der Waals surface area contributed by atoms with Crippen LogP contribution >= 0.6 is 11.6 Å². The molecule has 1 fully saturated rings. The van der Waals surface area contributed by atoms with Crippen LogP contribution in [-0.2, 0) is 6.54 Å². The number of hydrogen-bond acceptors (Lipinski definition) is 2. The van der Waals surface area contributed by atoms with Crippen LogP contribution in [0.2, 0.25) is 5.02 Å². The Kier molecular flexibility index (Phi) is 2.58. The molecular formula is C12H14ClN3. The van der Waals surface area contributed by atoms with Crippen LogP contribution in [0.3, 0.4) is 0 Å². The highest BCUT2D eigenvalue weighted by Crippen LogP contribution is 2.24. The largest absolute Gasteiger partial charge is 0.316 e. The van der Waals surface area contributed by atoms with Crippen LogP contribution in [0.5, 0.6) is 0 Å². The molecular weight excluding hydrogens is 222 g/mol. The number of aromatic nitrogens is 2. The predicted molar refractivity (Wildman–Crippen MR) is 65.7 cm³/mol. The van der Waals surface area contributed by atoms with Gasteiger partial charge in [-0.3, -0.25) is 4.68 Å². The van der Waals surface area contributed by atoms with Gasteiger partial charge in [0.2, 0.25) is 0 Å². The van der Waals surface area contributed by atoms with Crippen molar-refractivity contribution < 1.29 is 0 Å². The van der Waals surface area contributed by atoms with Gasteiger partial charge in [-0.2, -0.15) is 5.10 Å². The van der Waals surface area contributed by atoms with E-state index in [-0.39, 0.29) is 0 Å². The lowest BCUT2D eigenvalue weighted by atomic mass is 10.1. The molecule has 1 atom stereocenters. The van der Waals surface area contributed by atoms with Gasteiger partial charge >= 0.3 is 0 Å². The van der Waals surface area contributed by atoms with Crippen LogP contribution < -0.4 is 5.32 Å². The lowest BCUT2D eigenvalue weighted by molar-refractivity contribution is 0.459. The van der Waals surface area contributed by atoms with E-state index in [1.54, 1.807) is 0 Å². The quantitative estimate of drug-likeness (QED) is 0.866. The van der Waals surface area contributed by atoms with Crippen molar-refractivity contribution in [3.8, 4) is 0 Å². The highest BCUT2D eigenvalue weighted by Gasteiger charge is 2.17. The van der Waals surface area contributed by atoms with Gasteiger partial charge in [-0.05, 0) is 31.5 Å². The van der Waals surface area contributed by atoms with Gasteiger partial charge in [0.1, 0.15) is 0 Å². The number of halogens is 1. The van der Waals surface area contributed by atoms with E-state index >= 15 is 0 Å². The van der Waals surface area contributed by atoms with Gasteiger partial charge in [0.25, 0.3) is 0 Å². The average molecular weight is 236 g/mol. The highest BCUT2D eigenvalue weighted by molar-refractivity contribution is 6.35. The van der Waals surface area contributed by atoms with E-state index in [0.29, 0.717) is 5.92 Å². The first-order chi connectivity index (χ1) is 7.84. The molecule has 16 heavy (non-hydrogen) atoms. The third-order valence-electron chi connectivity index (χ3n) is 3.21. The second kappa shape index (κ2) is 4.07. The molecule has 1 N–H and O–H groups in total. The van der Waals surface area contributed by atoms with E-state index in [0.717, 1.165) is 35.6 Å². The van der Waals surface area contributed by atoms with Crippen LogP contribution in [0.4, 0.5) is 0 Å². The molecule has 0 saturated carbocycles. The van der Waals surface area contributed by atoms with Crippen LogP contribution in [0.25, 0.3) is 10.9 Å². The summed E-state index contributed by atoms with van der Waals surface area (Å²) in [5.41, 5.74) is 1.07. The standard InChI is InChI=1S/C12H14ClN3/c13-11-3-1-2-10-7-15-16(12(10)11)8-9-4-5-14-6-9/h1-3,7,9,14H,4-6,8H2. The average Bonchev–Trinajstić information content (AvgIpc) is 2.90. The van der Waals surface area contributed by atoms with E-state index in [1.807, 2.05) is 23.0 Å². The van der Waals surface area contributed by atoms with Gasteiger partial charge in [-0.1, -0.05) is 23.7 Å². The lowest BCUT2D eigenvalue weighted by Crippen LogP contribution is -2.15. The SMILES string of the molecule is Clc1cccc2cnn(CC3CCNC3)c12. The fourth-order valence-corrected chi connectivity index (χ4v) is 2.63. The Morgan fingerprint density at radius 3 is 3.25 bits per heavy atom. The van der Waals surface area contributed by atoms with Crippen molar-refractivity contribution >= 4 is 22.5 Å². The van der Waals surface area contributed by atoms with Gasteiger partial charge in [0, 0.05) is 11.9 Å². The van der Waals surface area contributed by atoms with E-state index < -0.39 is 0 Å². The summed E-state index contributed by atoms with van der Waals surface area (Å²) in [6.45, 7) is 3.17. The van der Waals surface area contributed by atoms with Crippen molar-refractivity contribution in [2.45, 2.75) is 13.0 Å². The number of benzene rings is 1. The summed E-state index contributed by atoms with van der Waals surface area (Å²) in [7, 11) is 0. The molecule has 0 amide bonds. The Balaban J connectivity index is 1.97. The number of rotatable bonds is 2. The summed E-state index contributed by atoms with van der Waals surface area (Å²) in [5, 5.41) is 9.71. The Bertz CT molecular complexity index is 500. The minimum Gasteiger partial charge on any atom is -0.316 e. The minimum atomic E-state index is 0.680. The van der Waals surface area contributed by atoms with Crippen LogP contribution in [0.15, 0.2) is 24.4 Å². The van der Waals surface area contributed by atoms with Gasteiger partial charge in [0.05, 0.1) is 16.7 Å². The maximum absolute atomic E-state index is 6.21. The number of hydrogen-bond donors (Lipinski definition) is 1. The molecule has 0 bridgehead atoms. The molecule has 0 radical (unpaired) electrons. The molecule has 1 saturated heterocycles. The van der Waals surface area contributed by atoms with Gasteiger partial charge in [-0.25, -0.2) is 0 Å². The summed E-state index contributed by atoms with van der Waals surface area (Å²) in [6, 6.07) is 5.94. The molecule has 1 unspecified atom stereocenters. The van der Waals surface area contributed by atoms with Crippen molar-refractivity contribution in [2.24, 2.45) is 5.92 Å². The van der Waals surface area contributed by atoms with Crippen LogP contribution in [0.1, 0.15) is 6.42 Å². The Morgan fingerprint density at radius 1 is 1.50 bits per heavy atom. The van der Waals surface area contributed by atoms with Gasteiger partial charge < -0.3 is 5.32 Å². The van der Waals surface area contributed by atoms with Crippen molar-refractivity contribution in [1.82, 2.24) is 15.1 Å². The van der Waals surface area contributed by atoms with E-state index in [2.05, 4.69) is 16.5 Å². The Labute approximate surface area is 99.4 Å². The molecule has 84 valence electrons. The summed E-state index contributed by atoms with van der Waals surface area (Å²) in [4.78, 5) is 0. The monoisotopic (exact) mass is 235 g/mol. The Morgan fingerprint density at radius 2 is 2.44 bits per heavy atom. The zero-order chi connectivity index (χ0) is 11.0. The van der Waals surface area contributed by atoms with Crippen molar-refractivity contribution in [2.75, 3.05) is 13.1 Å². The molecule has 3 rings (SSSR count). The van der Waals surface area contributed by atoms with Gasteiger partial charge in [-0.15, -0.1) is 0 Å². The predicted octanol–water partition coefficient (Wildman–Crippen LogP) is 2.30. The summed E-state index contributed by atoms with van der Waals surface area (Å²) in [5.74, 6) is 0.680. The first kappa shape index (κ1) is 10.1. The lowest BCUT2D eigenvalue weighted by Gasteiger charge is -2.09. The second-order valence-corrected chi connectivity index (χ2v) is 4.77. The van der Waals surface area contributed by atoms with Crippen molar-refractivity contribution in [3.05, 3.63) is 29.4 Å². The van der Waals surface area contributed by atoms with Crippen LogP contribution in [0, 0.1) is 5.92 Å². The fraction of sp³-hybridized carbons (Fsp3) is 0.417. The molecule has 3 nitrogen and oxygen atoms in total. The number of nitrogens with zero attached hydrogens (tertiary/aromatic N) is 2. The van der Waals surface area contributed by atoms with Gasteiger partial charge in [0.15, 0.2) is 0 Å². The first-order valence-electron chi connectivity index (χ1n) is 5.65. The molecule has 0 aliphatic carbocycles. The summed E-state index contributed by atoms with van der Waals surface area (Å²) < 4.78 is 2.04. The zero-order valence-corrected chi connectivity index (χ0v) is 9.74. The molecule has 1 aliphatic heterocycles. The number of para-hydroxylation sites is 1.